The van der Waals surface area contributed by atoms with Gasteiger partial charge in [-0.3, -0.25) is 9.69 Å². The Bertz CT molecular complexity index is 1160. The van der Waals surface area contributed by atoms with Gasteiger partial charge in [-0.05, 0) is 44.4 Å². The van der Waals surface area contributed by atoms with Crippen molar-refractivity contribution in [1.29, 1.82) is 0 Å². The summed E-state index contributed by atoms with van der Waals surface area (Å²) >= 11 is 0. The van der Waals surface area contributed by atoms with Gasteiger partial charge in [0.15, 0.2) is 0 Å². The first-order valence-corrected chi connectivity index (χ1v) is 13.5. The number of urea groups is 1. The molecule has 0 saturated carbocycles. The van der Waals surface area contributed by atoms with Crippen LogP contribution >= 0.6 is 0 Å². The molecule has 0 aromatic heterocycles. The van der Waals surface area contributed by atoms with Crippen LogP contribution in [0.1, 0.15) is 57.1 Å². The third kappa shape index (κ3) is 4.76. The summed E-state index contributed by atoms with van der Waals surface area (Å²) in [6, 6.07) is 3.96. The molecule has 4 rings (SSSR count). The van der Waals surface area contributed by atoms with E-state index < -0.39 is 5.54 Å². The number of ether oxygens (including phenoxy) is 2. The summed E-state index contributed by atoms with van der Waals surface area (Å²) < 4.78 is 11.3. The maximum Gasteiger partial charge on any atom is 0.325 e. The van der Waals surface area contributed by atoms with E-state index >= 15 is 0 Å². The van der Waals surface area contributed by atoms with Crippen LogP contribution in [0.15, 0.2) is 47.8 Å². The molecule has 8 heteroatoms. The average Bonchev–Trinajstić information content (AvgIpc) is 3.01. The number of hydrogen-bond donors (Lipinski definition) is 0. The maximum absolute atomic E-state index is 13.8. The number of amides is 3. The van der Waals surface area contributed by atoms with Gasteiger partial charge in [-0.1, -0.05) is 25.2 Å². The molecule has 3 heterocycles. The SMILES string of the molecule is CC=CC(=CCC(=O)N1CCC2(CC1)C1=CC(C)c3c(cc(OC)cc3OC)CN1C(=O)N2CC)N(C)C. The van der Waals surface area contributed by atoms with Crippen LogP contribution in [0.4, 0.5) is 4.79 Å². The third-order valence-electron chi connectivity index (χ3n) is 8.19. The van der Waals surface area contributed by atoms with Crippen LogP contribution in [0, 0.1) is 0 Å². The second-order valence-electron chi connectivity index (χ2n) is 10.5. The molecule has 38 heavy (non-hydrogen) atoms. The predicted molar refractivity (Wildman–Crippen MR) is 149 cm³/mol. The number of benzene rings is 1. The molecule has 1 aromatic rings. The Morgan fingerprint density at radius 1 is 1.18 bits per heavy atom. The van der Waals surface area contributed by atoms with Crippen molar-refractivity contribution in [3.8, 4) is 11.5 Å². The smallest absolute Gasteiger partial charge is 0.325 e. The largest absolute Gasteiger partial charge is 0.497 e. The van der Waals surface area contributed by atoms with E-state index in [1.807, 2.05) is 77.9 Å². The second kappa shape index (κ2) is 11.1. The quantitative estimate of drug-likeness (QED) is 0.484. The minimum Gasteiger partial charge on any atom is -0.497 e. The summed E-state index contributed by atoms with van der Waals surface area (Å²) in [7, 11) is 7.28. The van der Waals surface area contributed by atoms with E-state index in [0.29, 0.717) is 32.6 Å². The fraction of sp³-hybridized carbons (Fsp3) is 0.533. The van der Waals surface area contributed by atoms with E-state index in [1.54, 1.807) is 14.2 Å². The molecule has 0 bridgehead atoms. The molecule has 3 aliphatic rings. The van der Waals surface area contributed by atoms with Crippen LogP contribution in [0.25, 0.3) is 0 Å². The molecule has 2 fully saturated rings. The van der Waals surface area contributed by atoms with Crippen LogP contribution in [-0.2, 0) is 11.3 Å². The van der Waals surface area contributed by atoms with Gasteiger partial charge < -0.3 is 24.2 Å². The standard InChI is InChI=1S/C30H42N4O4/c1-8-10-23(31(4)5)11-12-27(35)32-15-13-30(14-16-32)26-17-21(3)28-22(18-24(37-6)19-25(28)38-7)20-33(26)29(36)34(30)9-2/h8,10-11,17-19,21H,9,12-16,20H2,1-7H3. The number of piperidine rings is 1. The Kier molecular flexibility index (Phi) is 8.09. The molecule has 1 atom stereocenters. The second-order valence-corrected chi connectivity index (χ2v) is 10.5. The molecule has 1 spiro atoms. The molecule has 0 N–H and O–H groups in total. The van der Waals surface area contributed by atoms with Gasteiger partial charge in [-0.2, -0.15) is 0 Å². The van der Waals surface area contributed by atoms with Crippen LogP contribution in [0.3, 0.4) is 0 Å². The number of allylic oxidation sites excluding steroid dienone is 3. The van der Waals surface area contributed by atoms with Crippen LogP contribution in [0.5, 0.6) is 11.5 Å². The van der Waals surface area contributed by atoms with Crippen molar-refractivity contribution >= 4 is 11.9 Å². The van der Waals surface area contributed by atoms with E-state index in [9.17, 15) is 9.59 Å². The number of fused-ring (bicyclic) bond motifs is 3. The monoisotopic (exact) mass is 522 g/mol. The highest BCUT2D eigenvalue weighted by molar-refractivity contribution is 5.83. The summed E-state index contributed by atoms with van der Waals surface area (Å²) in [5.41, 5.74) is 3.81. The molecular formula is C30H42N4O4. The van der Waals surface area contributed by atoms with Gasteiger partial charge in [-0.25, -0.2) is 4.79 Å². The molecule has 1 aromatic carbocycles. The topological polar surface area (TPSA) is 65.6 Å². The highest BCUT2D eigenvalue weighted by atomic mass is 16.5. The number of rotatable bonds is 7. The van der Waals surface area contributed by atoms with E-state index in [1.165, 1.54) is 0 Å². The van der Waals surface area contributed by atoms with Gasteiger partial charge in [0, 0.05) is 69.1 Å². The number of carbonyl (C=O) groups excluding carboxylic acids is 2. The summed E-state index contributed by atoms with van der Waals surface area (Å²) in [4.78, 5) is 34.8. The first kappa shape index (κ1) is 27.6. The molecule has 1 unspecified atom stereocenters. The van der Waals surface area contributed by atoms with Crippen molar-refractivity contribution in [3.05, 3.63) is 59.0 Å². The van der Waals surface area contributed by atoms with E-state index in [2.05, 4.69) is 13.0 Å². The number of nitrogens with zero attached hydrogens (tertiary/aromatic N) is 4. The highest BCUT2D eigenvalue weighted by Crippen LogP contribution is 2.49. The minimum absolute atomic E-state index is 0.0327. The molecule has 3 aliphatic heterocycles. The average molecular weight is 523 g/mol. The molecular weight excluding hydrogens is 480 g/mol. The van der Waals surface area contributed by atoms with Gasteiger partial charge in [0.25, 0.3) is 0 Å². The van der Waals surface area contributed by atoms with Gasteiger partial charge in [0.1, 0.15) is 11.5 Å². The molecule has 2 saturated heterocycles. The van der Waals surface area contributed by atoms with Crippen molar-refractivity contribution in [3.63, 3.8) is 0 Å². The molecule has 0 radical (unpaired) electrons. The maximum atomic E-state index is 13.8. The predicted octanol–water partition coefficient (Wildman–Crippen LogP) is 4.74. The first-order valence-electron chi connectivity index (χ1n) is 13.5. The van der Waals surface area contributed by atoms with Crippen molar-refractivity contribution in [2.24, 2.45) is 0 Å². The van der Waals surface area contributed by atoms with Crippen molar-refractivity contribution in [2.45, 2.75) is 58.0 Å². The van der Waals surface area contributed by atoms with Crippen LogP contribution in [0.2, 0.25) is 0 Å². The molecule has 206 valence electrons. The van der Waals surface area contributed by atoms with Crippen molar-refractivity contribution in [1.82, 2.24) is 19.6 Å². The lowest BCUT2D eigenvalue weighted by Crippen LogP contribution is -2.54. The number of likely N-dealkylation sites (N-methyl/N-ethyl adjacent to an activating group) is 2. The Morgan fingerprint density at radius 3 is 2.47 bits per heavy atom. The van der Waals surface area contributed by atoms with Gasteiger partial charge in [0.2, 0.25) is 5.91 Å². The van der Waals surface area contributed by atoms with Crippen molar-refractivity contribution < 1.29 is 19.1 Å². The van der Waals surface area contributed by atoms with Gasteiger partial charge in [0.05, 0.1) is 26.3 Å². The Balaban J connectivity index is 1.61. The van der Waals surface area contributed by atoms with Crippen LogP contribution < -0.4 is 9.47 Å². The normalized spacial score (nSPS) is 20.9. The fourth-order valence-electron chi connectivity index (χ4n) is 6.28. The zero-order chi connectivity index (χ0) is 27.6. The lowest BCUT2D eigenvalue weighted by molar-refractivity contribution is -0.132. The summed E-state index contributed by atoms with van der Waals surface area (Å²) in [5, 5.41) is 0. The lowest BCUT2D eigenvalue weighted by atomic mass is 9.82. The van der Waals surface area contributed by atoms with Gasteiger partial charge in [-0.15, -0.1) is 0 Å². The summed E-state index contributed by atoms with van der Waals surface area (Å²) in [6.45, 7) is 8.53. The number of carbonyl (C=O) groups is 2. The Hall–Kier alpha value is -3.42. The first-order chi connectivity index (χ1) is 18.2. The highest BCUT2D eigenvalue weighted by Gasteiger charge is 2.55. The molecule has 8 nitrogen and oxygen atoms in total. The lowest BCUT2D eigenvalue weighted by Gasteiger charge is -2.44. The Labute approximate surface area is 227 Å². The summed E-state index contributed by atoms with van der Waals surface area (Å²) in [5.74, 6) is 1.69. The zero-order valence-electron chi connectivity index (χ0n) is 23.9. The zero-order valence-corrected chi connectivity index (χ0v) is 23.9. The fourth-order valence-corrected chi connectivity index (χ4v) is 6.28. The number of likely N-dealkylation sites (tertiary alicyclic amines) is 1. The minimum atomic E-state index is -0.411. The van der Waals surface area contributed by atoms with Gasteiger partial charge >= 0.3 is 6.03 Å². The van der Waals surface area contributed by atoms with E-state index in [-0.39, 0.29) is 17.9 Å². The van der Waals surface area contributed by atoms with Crippen LogP contribution in [-0.4, -0.2) is 85.0 Å². The van der Waals surface area contributed by atoms with E-state index in [0.717, 1.165) is 46.9 Å². The third-order valence-corrected chi connectivity index (χ3v) is 8.19. The van der Waals surface area contributed by atoms with Crippen molar-refractivity contribution in [2.75, 3.05) is 47.9 Å². The molecule has 0 aliphatic carbocycles. The summed E-state index contributed by atoms with van der Waals surface area (Å²) in [6.07, 6.45) is 10.0. The molecule has 3 amide bonds. The Morgan fingerprint density at radius 2 is 1.89 bits per heavy atom. The van der Waals surface area contributed by atoms with E-state index in [4.69, 9.17) is 9.47 Å². The number of methoxy groups -OCH3 is 2. The number of hydrogen-bond acceptors (Lipinski definition) is 5.